The lowest BCUT2D eigenvalue weighted by atomic mass is 9.99. The molecule has 11 heavy (non-hydrogen) atoms. The highest BCUT2D eigenvalue weighted by molar-refractivity contribution is 5.23. The summed E-state index contributed by atoms with van der Waals surface area (Å²) in [5.74, 6) is 0.524. The standard InChI is InChI=1S/C10H11O/c1-2-4-9(5-3-1)10-6-7-11-8-10/h1-6,10H,7-8H2. The molecule has 0 spiro atoms. The van der Waals surface area contributed by atoms with Crippen LogP contribution < -0.4 is 0 Å². The third kappa shape index (κ3) is 1.43. The van der Waals surface area contributed by atoms with E-state index in [0.717, 1.165) is 13.2 Å². The Labute approximate surface area is 67.0 Å². The van der Waals surface area contributed by atoms with Crippen LogP contribution in [-0.4, -0.2) is 13.2 Å². The second-order valence-corrected chi connectivity index (χ2v) is 2.79. The van der Waals surface area contributed by atoms with Crippen molar-refractivity contribution >= 4 is 0 Å². The first kappa shape index (κ1) is 6.86. The van der Waals surface area contributed by atoms with Crippen molar-refractivity contribution in [3.63, 3.8) is 0 Å². The monoisotopic (exact) mass is 147 g/mol. The van der Waals surface area contributed by atoms with Gasteiger partial charge in [-0.05, 0) is 12.0 Å². The molecular weight excluding hydrogens is 136 g/mol. The molecule has 1 aliphatic heterocycles. The van der Waals surface area contributed by atoms with Gasteiger partial charge in [-0.2, -0.15) is 0 Å². The van der Waals surface area contributed by atoms with Crippen molar-refractivity contribution in [1.82, 2.24) is 0 Å². The lowest BCUT2D eigenvalue weighted by molar-refractivity contribution is 0.198. The van der Waals surface area contributed by atoms with Crippen molar-refractivity contribution < 1.29 is 4.74 Å². The highest BCUT2D eigenvalue weighted by atomic mass is 16.5. The van der Waals surface area contributed by atoms with Crippen molar-refractivity contribution in [2.45, 2.75) is 5.92 Å². The summed E-state index contributed by atoms with van der Waals surface area (Å²) in [4.78, 5) is 0. The zero-order chi connectivity index (χ0) is 7.52. The van der Waals surface area contributed by atoms with Gasteiger partial charge in [0.15, 0.2) is 0 Å². The van der Waals surface area contributed by atoms with Gasteiger partial charge in [-0.25, -0.2) is 0 Å². The van der Waals surface area contributed by atoms with E-state index >= 15 is 0 Å². The summed E-state index contributed by atoms with van der Waals surface area (Å²) >= 11 is 0. The van der Waals surface area contributed by atoms with E-state index in [0.29, 0.717) is 5.92 Å². The van der Waals surface area contributed by atoms with Crippen LogP contribution in [0.5, 0.6) is 0 Å². The first-order chi connectivity index (χ1) is 5.47. The molecule has 0 aliphatic carbocycles. The number of hydrogen-bond donors (Lipinski definition) is 0. The van der Waals surface area contributed by atoms with Gasteiger partial charge in [-0.1, -0.05) is 30.3 Å². The molecule has 0 amide bonds. The molecule has 0 bridgehead atoms. The molecule has 1 unspecified atom stereocenters. The Kier molecular flexibility index (Phi) is 1.91. The minimum absolute atomic E-state index is 0.524. The maximum Gasteiger partial charge on any atom is 0.0538 e. The molecule has 1 aromatic rings. The average Bonchev–Trinajstić information content (AvgIpc) is 2.58. The molecule has 1 radical (unpaired) electrons. The predicted molar refractivity (Wildman–Crippen MR) is 44.3 cm³/mol. The van der Waals surface area contributed by atoms with Crippen LogP contribution in [0.3, 0.4) is 0 Å². The molecular formula is C10H11O. The van der Waals surface area contributed by atoms with E-state index in [4.69, 9.17) is 4.74 Å². The Balaban J connectivity index is 2.16. The van der Waals surface area contributed by atoms with Gasteiger partial charge < -0.3 is 4.74 Å². The molecule has 1 saturated heterocycles. The average molecular weight is 147 g/mol. The normalized spacial score (nSPS) is 23.8. The molecule has 0 aromatic heterocycles. The minimum Gasteiger partial charge on any atom is -0.380 e. The van der Waals surface area contributed by atoms with Crippen LogP contribution in [0.25, 0.3) is 0 Å². The molecule has 1 atom stereocenters. The summed E-state index contributed by atoms with van der Waals surface area (Å²) in [5.41, 5.74) is 1.37. The fourth-order valence-corrected chi connectivity index (χ4v) is 1.38. The van der Waals surface area contributed by atoms with Crippen LogP contribution in [-0.2, 0) is 4.74 Å². The first-order valence-corrected chi connectivity index (χ1v) is 3.93. The lowest BCUT2D eigenvalue weighted by Gasteiger charge is -2.05. The van der Waals surface area contributed by atoms with Crippen molar-refractivity contribution in [3.8, 4) is 0 Å². The molecule has 1 fully saturated rings. The number of hydrogen-bond acceptors (Lipinski definition) is 1. The molecule has 1 heterocycles. The van der Waals surface area contributed by atoms with Crippen LogP contribution in [0, 0.1) is 6.42 Å². The third-order valence-corrected chi connectivity index (χ3v) is 2.02. The topological polar surface area (TPSA) is 9.23 Å². The minimum atomic E-state index is 0.524. The van der Waals surface area contributed by atoms with Gasteiger partial charge in [0.1, 0.15) is 0 Å². The Bertz CT molecular complexity index is 212. The smallest absolute Gasteiger partial charge is 0.0538 e. The van der Waals surface area contributed by atoms with Crippen LogP contribution in [0.4, 0.5) is 0 Å². The third-order valence-electron chi connectivity index (χ3n) is 2.02. The van der Waals surface area contributed by atoms with Gasteiger partial charge in [0.05, 0.1) is 13.2 Å². The van der Waals surface area contributed by atoms with Gasteiger partial charge in [-0.3, -0.25) is 0 Å². The fourth-order valence-electron chi connectivity index (χ4n) is 1.38. The highest BCUT2D eigenvalue weighted by Crippen LogP contribution is 2.23. The molecule has 1 heteroatoms. The van der Waals surface area contributed by atoms with Crippen molar-refractivity contribution in [1.29, 1.82) is 0 Å². The van der Waals surface area contributed by atoms with E-state index in [1.807, 2.05) is 6.07 Å². The maximum absolute atomic E-state index is 5.26. The summed E-state index contributed by atoms with van der Waals surface area (Å²) in [6.07, 6.45) is 2.22. The van der Waals surface area contributed by atoms with E-state index in [9.17, 15) is 0 Å². The number of ether oxygens (including phenoxy) is 1. The summed E-state index contributed by atoms with van der Waals surface area (Å²) in [6, 6.07) is 10.5. The first-order valence-electron chi connectivity index (χ1n) is 3.93. The zero-order valence-corrected chi connectivity index (χ0v) is 6.36. The van der Waals surface area contributed by atoms with Crippen LogP contribution in [0.1, 0.15) is 11.5 Å². The van der Waals surface area contributed by atoms with Gasteiger partial charge in [0, 0.05) is 5.92 Å². The van der Waals surface area contributed by atoms with E-state index in [1.54, 1.807) is 0 Å². The van der Waals surface area contributed by atoms with E-state index in [1.165, 1.54) is 5.56 Å². The Morgan fingerprint density at radius 2 is 2.00 bits per heavy atom. The predicted octanol–water partition coefficient (Wildman–Crippen LogP) is 2.00. The van der Waals surface area contributed by atoms with Crippen LogP contribution in [0.15, 0.2) is 30.3 Å². The van der Waals surface area contributed by atoms with Crippen LogP contribution >= 0.6 is 0 Å². The largest absolute Gasteiger partial charge is 0.380 e. The quantitative estimate of drug-likeness (QED) is 0.590. The molecule has 57 valence electrons. The maximum atomic E-state index is 5.26. The summed E-state index contributed by atoms with van der Waals surface area (Å²) < 4.78 is 5.26. The van der Waals surface area contributed by atoms with Crippen molar-refractivity contribution in [2.24, 2.45) is 0 Å². The molecule has 1 aliphatic rings. The lowest BCUT2D eigenvalue weighted by Crippen LogP contribution is -1.96. The zero-order valence-electron chi connectivity index (χ0n) is 6.36. The summed E-state index contributed by atoms with van der Waals surface area (Å²) in [7, 11) is 0. The second-order valence-electron chi connectivity index (χ2n) is 2.79. The summed E-state index contributed by atoms with van der Waals surface area (Å²) in [5, 5.41) is 0. The highest BCUT2D eigenvalue weighted by Gasteiger charge is 2.16. The summed E-state index contributed by atoms with van der Waals surface area (Å²) in [6.45, 7) is 1.66. The molecule has 2 rings (SSSR count). The van der Waals surface area contributed by atoms with E-state index in [2.05, 4.69) is 30.7 Å². The van der Waals surface area contributed by atoms with Gasteiger partial charge in [0.25, 0.3) is 0 Å². The molecule has 1 aromatic carbocycles. The Hall–Kier alpha value is -0.820. The Morgan fingerprint density at radius 3 is 2.64 bits per heavy atom. The van der Waals surface area contributed by atoms with Crippen molar-refractivity contribution in [2.75, 3.05) is 13.2 Å². The number of rotatable bonds is 1. The second kappa shape index (κ2) is 3.05. The Morgan fingerprint density at radius 1 is 1.18 bits per heavy atom. The van der Waals surface area contributed by atoms with Gasteiger partial charge in [-0.15, -0.1) is 0 Å². The van der Waals surface area contributed by atoms with Gasteiger partial charge >= 0.3 is 0 Å². The molecule has 0 N–H and O–H groups in total. The number of benzene rings is 1. The fraction of sp³-hybridized carbons (Fsp3) is 0.300. The van der Waals surface area contributed by atoms with Crippen molar-refractivity contribution in [3.05, 3.63) is 42.3 Å². The molecule has 1 nitrogen and oxygen atoms in total. The van der Waals surface area contributed by atoms with Crippen LogP contribution in [0.2, 0.25) is 0 Å². The van der Waals surface area contributed by atoms with E-state index in [-0.39, 0.29) is 0 Å². The molecule has 0 saturated carbocycles. The van der Waals surface area contributed by atoms with Gasteiger partial charge in [0.2, 0.25) is 0 Å². The van der Waals surface area contributed by atoms with E-state index < -0.39 is 0 Å². The SMILES string of the molecule is [CH]1COCC1c1ccccc1.